The summed E-state index contributed by atoms with van der Waals surface area (Å²) in [7, 11) is 0. The number of aromatic amines is 1. The van der Waals surface area contributed by atoms with Crippen molar-refractivity contribution in [2.24, 2.45) is 5.73 Å². The van der Waals surface area contributed by atoms with Crippen molar-refractivity contribution in [3.05, 3.63) is 32.4 Å². The first-order valence-electron chi connectivity index (χ1n) is 6.71. The number of nitrogens with two attached hydrogens (primary N) is 1. The van der Waals surface area contributed by atoms with Gasteiger partial charge in [0.05, 0.1) is 5.25 Å². The number of thiophene rings is 1. The predicted octanol–water partition coefficient (Wildman–Crippen LogP) is 2.46. The molecule has 1 aliphatic rings. The Bertz CT molecular complexity index is 653. The number of thioether (sulfide) groups is 1. The maximum atomic E-state index is 11.8. The average Bonchev–Trinajstić information content (AvgIpc) is 3.04. The van der Waals surface area contributed by atoms with Gasteiger partial charge in [0.2, 0.25) is 0 Å². The van der Waals surface area contributed by atoms with Crippen LogP contribution in [0.5, 0.6) is 0 Å². The Morgan fingerprint density at radius 3 is 2.90 bits per heavy atom. The Balaban J connectivity index is 1.91. The van der Waals surface area contributed by atoms with Crippen LogP contribution in [0, 0.1) is 6.92 Å². The highest BCUT2D eigenvalue weighted by molar-refractivity contribution is 7.99. The zero-order valence-corrected chi connectivity index (χ0v) is 13.1. The van der Waals surface area contributed by atoms with Crippen molar-refractivity contribution in [2.75, 3.05) is 0 Å². The van der Waals surface area contributed by atoms with E-state index in [2.05, 4.69) is 28.6 Å². The van der Waals surface area contributed by atoms with Crippen molar-refractivity contribution in [3.63, 3.8) is 0 Å². The molecule has 2 unspecified atom stereocenters. The molecule has 0 spiro atoms. The third-order valence-electron chi connectivity index (χ3n) is 3.45. The predicted molar refractivity (Wildman–Crippen MR) is 82.4 cm³/mol. The van der Waals surface area contributed by atoms with E-state index in [1.165, 1.54) is 10.4 Å². The number of nitrogens with zero attached hydrogens (tertiary/aromatic N) is 2. The van der Waals surface area contributed by atoms with E-state index >= 15 is 0 Å². The van der Waals surface area contributed by atoms with E-state index in [1.807, 2.05) is 6.92 Å². The molecule has 5 nitrogen and oxygen atoms in total. The van der Waals surface area contributed by atoms with Crippen LogP contribution in [0.1, 0.15) is 41.5 Å². The molecule has 3 rings (SSSR count). The van der Waals surface area contributed by atoms with Crippen LogP contribution in [0.2, 0.25) is 0 Å². The number of nitrogens with one attached hydrogen (secondary N) is 1. The van der Waals surface area contributed by atoms with Gasteiger partial charge in [-0.25, -0.2) is 9.89 Å². The van der Waals surface area contributed by atoms with Crippen LogP contribution in [-0.2, 0) is 0 Å². The summed E-state index contributed by atoms with van der Waals surface area (Å²) in [6.07, 6.45) is 2.13. The lowest BCUT2D eigenvalue weighted by Gasteiger charge is -2.19. The van der Waals surface area contributed by atoms with Crippen molar-refractivity contribution in [3.8, 4) is 0 Å². The molecule has 2 atom stereocenters. The van der Waals surface area contributed by atoms with E-state index in [1.54, 1.807) is 27.7 Å². The molecule has 2 heterocycles. The van der Waals surface area contributed by atoms with Crippen LogP contribution < -0.4 is 11.4 Å². The molecule has 0 radical (unpaired) electrons. The molecule has 1 fully saturated rings. The number of hydrogen-bond acceptors (Lipinski definition) is 5. The normalized spacial score (nSPS) is 18.1. The monoisotopic (exact) mass is 310 g/mol. The first-order valence-corrected chi connectivity index (χ1v) is 8.47. The van der Waals surface area contributed by atoms with Crippen molar-refractivity contribution < 1.29 is 0 Å². The molecule has 0 amide bonds. The molecule has 1 aliphatic carbocycles. The Hall–Kier alpha value is -1.05. The summed E-state index contributed by atoms with van der Waals surface area (Å²) in [5.74, 6) is 0. The number of aromatic nitrogens is 3. The van der Waals surface area contributed by atoms with Crippen LogP contribution in [0.4, 0.5) is 0 Å². The second-order valence-electron chi connectivity index (χ2n) is 5.28. The van der Waals surface area contributed by atoms with Crippen molar-refractivity contribution in [1.29, 1.82) is 0 Å². The largest absolute Gasteiger partial charge is 0.344 e. The van der Waals surface area contributed by atoms with Gasteiger partial charge in [-0.2, -0.15) is 0 Å². The van der Waals surface area contributed by atoms with Gasteiger partial charge in [0.1, 0.15) is 0 Å². The molecular weight excluding hydrogens is 292 g/mol. The maximum absolute atomic E-state index is 11.8. The Morgan fingerprint density at radius 1 is 1.60 bits per heavy atom. The fraction of sp³-hybridized carbons (Fsp3) is 0.538. The summed E-state index contributed by atoms with van der Waals surface area (Å²) in [6, 6.07) is 2.42. The van der Waals surface area contributed by atoms with Gasteiger partial charge in [0.15, 0.2) is 5.16 Å². The molecule has 3 N–H and O–H groups in total. The second-order valence-corrected chi connectivity index (χ2v) is 7.33. The standard InChI is InChI=1S/C13H18N4OS2/c1-7-5-6-19-10(7)11(8(2)14)20-13-16-15-12(18)17(13)9-3-4-9/h5-6,8-9,11H,3-4,14H2,1-2H3,(H,15,18). The Morgan fingerprint density at radius 2 is 2.35 bits per heavy atom. The molecule has 20 heavy (non-hydrogen) atoms. The van der Waals surface area contributed by atoms with E-state index in [-0.39, 0.29) is 17.0 Å². The average molecular weight is 310 g/mol. The lowest BCUT2D eigenvalue weighted by atomic mass is 10.1. The molecule has 2 aromatic heterocycles. The van der Waals surface area contributed by atoms with Gasteiger partial charge < -0.3 is 5.73 Å². The topological polar surface area (TPSA) is 76.7 Å². The third-order valence-corrected chi connectivity index (χ3v) is 6.12. The Kier molecular flexibility index (Phi) is 3.74. The fourth-order valence-electron chi connectivity index (χ4n) is 2.22. The van der Waals surface area contributed by atoms with Gasteiger partial charge >= 0.3 is 5.69 Å². The minimum atomic E-state index is -0.110. The van der Waals surface area contributed by atoms with E-state index in [4.69, 9.17) is 5.73 Å². The smallest absolute Gasteiger partial charge is 0.327 e. The summed E-state index contributed by atoms with van der Waals surface area (Å²) in [5.41, 5.74) is 7.29. The van der Waals surface area contributed by atoms with Crippen LogP contribution in [0.25, 0.3) is 0 Å². The van der Waals surface area contributed by atoms with Crippen LogP contribution >= 0.6 is 23.1 Å². The van der Waals surface area contributed by atoms with E-state index in [0.29, 0.717) is 6.04 Å². The molecule has 7 heteroatoms. The van der Waals surface area contributed by atoms with Gasteiger partial charge in [-0.05, 0) is 43.7 Å². The first-order chi connectivity index (χ1) is 9.58. The molecular formula is C13H18N4OS2. The molecule has 1 saturated carbocycles. The maximum Gasteiger partial charge on any atom is 0.344 e. The van der Waals surface area contributed by atoms with Gasteiger partial charge in [0.25, 0.3) is 0 Å². The van der Waals surface area contributed by atoms with Crippen LogP contribution in [-0.4, -0.2) is 20.8 Å². The lowest BCUT2D eigenvalue weighted by Crippen LogP contribution is -2.23. The van der Waals surface area contributed by atoms with Gasteiger partial charge in [0, 0.05) is 17.0 Å². The van der Waals surface area contributed by atoms with Crippen LogP contribution in [0.3, 0.4) is 0 Å². The molecule has 108 valence electrons. The molecule has 0 bridgehead atoms. The summed E-state index contributed by atoms with van der Waals surface area (Å²) >= 11 is 3.31. The van der Waals surface area contributed by atoms with Crippen molar-refractivity contribution >= 4 is 23.1 Å². The Labute approximate surface area is 125 Å². The van der Waals surface area contributed by atoms with Crippen molar-refractivity contribution in [1.82, 2.24) is 14.8 Å². The highest BCUT2D eigenvalue weighted by atomic mass is 32.2. The van der Waals surface area contributed by atoms with Gasteiger partial charge in [-0.1, -0.05) is 11.8 Å². The van der Waals surface area contributed by atoms with Crippen LogP contribution in [0.15, 0.2) is 21.4 Å². The lowest BCUT2D eigenvalue weighted by molar-refractivity contribution is 0.636. The van der Waals surface area contributed by atoms with E-state index < -0.39 is 0 Å². The van der Waals surface area contributed by atoms with E-state index in [9.17, 15) is 4.79 Å². The van der Waals surface area contributed by atoms with Gasteiger partial charge in [-0.3, -0.25) is 4.57 Å². The highest BCUT2D eigenvalue weighted by Gasteiger charge is 2.31. The zero-order chi connectivity index (χ0) is 14.3. The minimum absolute atomic E-state index is 0.00296. The molecule has 2 aromatic rings. The second kappa shape index (κ2) is 5.38. The fourth-order valence-corrected chi connectivity index (χ4v) is 4.73. The first kappa shape index (κ1) is 13.9. The number of hydrogen-bond donors (Lipinski definition) is 2. The SMILES string of the molecule is Cc1ccsc1C(Sc1n[nH]c(=O)n1C1CC1)C(C)N. The third kappa shape index (κ3) is 2.57. The quantitative estimate of drug-likeness (QED) is 0.832. The molecule has 0 aromatic carbocycles. The summed E-state index contributed by atoms with van der Waals surface area (Å²) in [4.78, 5) is 13.1. The zero-order valence-electron chi connectivity index (χ0n) is 11.5. The summed E-state index contributed by atoms with van der Waals surface area (Å²) in [5, 5.41) is 9.71. The number of H-pyrrole nitrogens is 1. The number of rotatable bonds is 5. The minimum Gasteiger partial charge on any atom is -0.327 e. The van der Waals surface area contributed by atoms with Gasteiger partial charge in [-0.15, -0.1) is 16.4 Å². The highest BCUT2D eigenvalue weighted by Crippen LogP contribution is 2.43. The summed E-state index contributed by atoms with van der Waals surface area (Å²) in [6.45, 7) is 4.10. The number of aryl methyl sites for hydroxylation is 1. The van der Waals surface area contributed by atoms with Crippen molar-refractivity contribution in [2.45, 2.75) is 49.2 Å². The molecule has 0 saturated heterocycles. The molecule has 0 aliphatic heterocycles. The summed E-state index contributed by atoms with van der Waals surface area (Å²) < 4.78 is 1.78. The van der Waals surface area contributed by atoms with E-state index in [0.717, 1.165) is 18.0 Å².